The van der Waals surface area contributed by atoms with Crippen molar-refractivity contribution in [1.29, 1.82) is 0 Å². The van der Waals surface area contributed by atoms with Crippen LogP contribution < -0.4 is 10.6 Å². The van der Waals surface area contributed by atoms with Gasteiger partial charge in [-0.25, -0.2) is 0 Å². The van der Waals surface area contributed by atoms with E-state index in [9.17, 15) is 5.11 Å². The predicted octanol–water partition coefficient (Wildman–Crippen LogP) is 2.36. The lowest BCUT2D eigenvalue weighted by Crippen LogP contribution is -2.51. The highest BCUT2D eigenvalue weighted by molar-refractivity contribution is 14.0. The van der Waals surface area contributed by atoms with E-state index in [2.05, 4.69) is 22.5 Å². The highest BCUT2D eigenvalue weighted by Crippen LogP contribution is 2.39. The Morgan fingerprint density at radius 2 is 2.04 bits per heavy atom. The maximum absolute atomic E-state index is 9.50. The van der Waals surface area contributed by atoms with Crippen LogP contribution in [0, 0.1) is 5.41 Å². The summed E-state index contributed by atoms with van der Waals surface area (Å²) in [4.78, 5) is 7.47. The zero-order valence-corrected chi connectivity index (χ0v) is 19.2. The van der Waals surface area contributed by atoms with Crippen LogP contribution >= 0.6 is 24.0 Å². The van der Waals surface area contributed by atoms with Gasteiger partial charge in [0.1, 0.15) is 0 Å². The Bertz CT molecular complexity index is 452. The molecule has 0 aromatic heterocycles. The van der Waals surface area contributed by atoms with Gasteiger partial charge in [0.2, 0.25) is 0 Å². The van der Waals surface area contributed by atoms with E-state index in [0.717, 1.165) is 45.2 Å². The molecular formula is C20H39IN4O2. The van der Waals surface area contributed by atoms with E-state index in [1.165, 1.54) is 51.5 Å². The Labute approximate surface area is 181 Å². The Hall–Kier alpha value is -0.120. The van der Waals surface area contributed by atoms with E-state index in [1.807, 2.05) is 0 Å². The molecule has 2 aliphatic heterocycles. The van der Waals surface area contributed by atoms with Crippen molar-refractivity contribution in [2.75, 3.05) is 45.9 Å². The van der Waals surface area contributed by atoms with Gasteiger partial charge in [-0.15, -0.1) is 24.0 Å². The van der Waals surface area contributed by atoms with Crippen LogP contribution in [0.5, 0.6) is 0 Å². The van der Waals surface area contributed by atoms with Gasteiger partial charge in [-0.1, -0.05) is 19.3 Å². The second-order valence-corrected chi connectivity index (χ2v) is 8.36. The molecular weight excluding hydrogens is 455 g/mol. The van der Waals surface area contributed by atoms with Crippen molar-refractivity contribution >= 4 is 29.9 Å². The summed E-state index contributed by atoms with van der Waals surface area (Å²) in [5.41, 5.74) is 0.194. The number of morpholine rings is 1. The normalized spacial score (nSPS) is 28.3. The fraction of sp³-hybridized carbons (Fsp3) is 0.950. The first-order chi connectivity index (χ1) is 12.7. The lowest BCUT2D eigenvalue weighted by Gasteiger charge is -2.36. The summed E-state index contributed by atoms with van der Waals surface area (Å²) in [7, 11) is 0. The molecule has 0 radical (unpaired) electrons. The van der Waals surface area contributed by atoms with Crippen molar-refractivity contribution in [3.05, 3.63) is 0 Å². The second-order valence-electron chi connectivity index (χ2n) is 8.36. The van der Waals surface area contributed by atoms with Crippen LogP contribution in [0.1, 0.15) is 58.3 Å². The highest BCUT2D eigenvalue weighted by atomic mass is 127. The van der Waals surface area contributed by atoms with Gasteiger partial charge >= 0.3 is 0 Å². The van der Waals surface area contributed by atoms with Crippen LogP contribution in [-0.2, 0) is 4.74 Å². The third-order valence-electron chi connectivity index (χ3n) is 6.43. The fourth-order valence-electron chi connectivity index (χ4n) is 4.83. The summed E-state index contributed by atoms with van der Waals surface area (Å²) >= 11 is 0. The predicted molar refractivity (Wildman–Crippen MR) is 121 cm³/mol. The van der Waals surface area contributed by atoms with Gasteiger partial charge in [-0.3, -0.25) is 9.89 Å². The lowest BCUT2D eigenvalue weighted by atomic mass is 9.72. The summed E-state index contributed by atoms with van der Waals surface area (Å²) in [6.45, 7) is 7.98. The number of nitrogens with zero attached hydrogens (tertiary/aromatic N) is 2. The van der Waals surface area contributed by atoms with E-state index in [4.69, 9.17) is 9.73 Å². The summed E-state index contributed by atoms with van der Waals surface area (Å²) in [5, 5.41) is 16.4. The number of aliphatic hydroxyl groups is 1. The SMILES string of the molecule is CCNC(=NCC1(CCO)CCCCC1)NCC1CN2CCCC2CO1.I. The number of nitrogens with one attached hydrogen (secondary N) is 2. The van der Waals surface area contributed by atoms with Crippen LogP contribution in [0.4, 0.5) is 0 Å². The molecule has 0 aromatic carbocycles. The number of ether oxygens (including phenoxy) is 1. The van der Waals surface area contributed by atoms with Crippen molar-refractivity contribution in [3.8, 4) is 0 Å². The molecule has 0 spiro atoms. The van der Waals surface area contributed by atoms with Gasteiger partial charge < -0.3 is 20.5 Å². The third-order valence-corrected chi connectivity index (χ3v) is 6.43. The molecule has 7 heteroatoms. The van der Waals surface area contributed by atoms with E-state index >= 15 is 0 Å². The minimum Gasteiger partial charge on any atom is -0.396 e. The van der Waals surface area contributed by atoms with Gasteiger partial charge in [0.25, 0.3) is 0 Å². The number of fused-ring (bicyclic) bond motifs is 1. The molecule has 3 rings (SSSR count). The quantitative estimate of drug-likeness (QED) is 0.288. The lowest BCUT2D eigenvalue weighted by molar-refractivity contribution is -0.0453. The monoisotopic (exact) mass is 494 g/mol. The van der Waals surface area contributed by atoms with Gasteiger partial charge in [-0.05, 0) is 51.0 Å². The zero-order valence-electron chi connectivity index (χ0n) is 16.9. The molecule has 2 atom stereocenters. The molecule has 0 amide bonds. The Kier molecular flexibility index (Phi) is 10.1. The third kappa shape index (κ3) is 6.72. The van der Waals surface area contributed by atoms with Crippen molar-refractivity contribution in [2.24, 2.45) is 10.4 Å². The van der Waals surface area contributed by atoms with Crippen molar-refractivity contribution in [1.82, 2.24) is 15.5 Å². The summed E-state index contributed by atoms with van der Waals surface area (Å²) < 4.78 is 6.05. The minimum absolute atomic E-state index is 0. The number of hydrogen-bond donors (Lipinski definition) is 3. The number of aliphatic hydroxyl groups excluding tert-OH is 1. The van der Waals surface area contributed by atoms with Crippen molar-refractivity contribution in [2.45, 2.75) is 70.4 Å². The molecule has 3 N–H and O–H groups in total. The average molecular weight is 494 g/mol. The van der Waals surface area contributed by atoms with E-state index < -0.39 is 0 Å². The molecule has 1 saturated carbocycles. The maximum Gasteiger partial charge on any atom is 0.191 e. The van der Waals surface area contributed by atoms with Gasteiger partial charge in [-0.2, -0.15) is 0 Å². The summed E-state index contributed by atoms with van der Waals surface area (Å²) in [5.74, 6) is 0.891. The molecule has 1 aliphatic carbocycles. The molecule has 2 heterocycles. The number of aliphatic imine (C=N–C) groups is 1. The van der Waals surface area contributed by atoms with E-state index in [0.29, 0.717) is 6.04 Å². The van der Waals surface area contributed by atoms with Crippen molar-refractivity contribution < 1.29 is 9.84 Å². The zero-order chi connectivity index (χ0) is 18.2. The maximum atomic E-state index is 9.50. The molecule has 2 saturated heterocycles. The van der Waals surface area contributed by atoms with Crippen LogP contribution in [-0.4, -0.2) is 74.0 Å². The number of halogens is 1. The molecule has 2 unspecified atom stereocenters. The van der Waals surface area contributed by atoms with Gasteiger partial charge in [0.05, 0.1) is 12.7 Å². The first-order valence-corrected chi connectivity index (χ1v) is 10.7. The molecule has 158 valence electrons. The number of rotatable bonds is 7. The minimum atomic E-state index is 0. The van der Waals surface area contributed by atoms with Gasteiger partial charge in [0, 0.05) is 38.8 Å². The molecule has 6 nitrogen and oxygen atoms in total. The first-order valence-electron chi connectivity index (χ1n) is 10.7. The molecule has 0 bridgehead atoms. The standard InChI is InChI=1S/C20H38N4O2.HI/c1-2-21-19(23-16-20(10-12-25)8-4-3-5-9-20)22-13-18-14-24-11-6-7-17(24)15-26-18;/h17-18,25H,2-16H2,1H3,(H2,21,22,23);1H. The van der Waals surface area contributed by atoms with Crippen LogP contribution in [0.2, 0.25) is 0 Å². The second kappa shape index (κ2) is 11.8. The highest BCUT2D eigenvalue weighted by Gasteiger charge is 2.33. The Morgan fingerprint density at radius 1 is 1.22 bits per heavy atom. The summed E-state index contributed by atoms with van der Waals surface area (Å²) in [6, 6.07) is 0.651. The average Bonchev–Trinajstić information content (AvgIpc) is 3.13. The fourth-order valence-corrected chi connectivity index (χ4v) is 4.83. The van der Waals surface area contributed by atoms with Crippen LogP contribution in [0.15, 0.2) is 4.99 Å². The van der Waals surface area contributed by atoms with Crippen molar-refractivity contribution in [3.63, 3.8) is 0 Å². The van der Waals surface area contributed by atoms with Crippen LogP contribution in [0.25, 0.3) is 0 Å². The number of guanidine groups is 1. The largest absolute Gasteiger partial charge is 0.396 e. The molecule has 27 heavy (non-hydrogen) atoms. The molecule has 0 aromatic rings. The topological polar surface area (TPSA) is 69.1 Å². The van der Waals surface area contributed by atoms with E-state index in [-0.39, 0.29) is 42.1 Å². The first kappa shape index (κ1) is 23.2. The smallest absolute Gasteiger partial charge is 0.191 e. The van der Waals surface area contributed by atoms with Crippen LogP contribution in [0.3, 0.4) is 0 Å². The molecule has 3 fully saturated rings. The number of hydrogen-bond acceptors (Lipinski definition) is 4. The Morgan fingerprint density at radius 3 is 2.78 bits per heavy atom. The van der Waals surface area contributed by atoms with E-state index in [1.54, 1.807) is 0 Å². The summed E-state index contributed by atoms with van der Waals surface area (Å²) in [6.07, 6.45) is 9.97. The van der Waals surface area contributed by atoms with Gasteiger partial charge in [0.15, 0.2) is 5.96 Å². The Balaban J connectivity index is 0.00000261. The molecule has 3 aliphatic rings.